The van der Waals surface area contributed by atoms with E-state index in [9.17, 15) is 9.00 Å². The Labute approximate surface area is 87.5 Å². The van der Waals surface area contributed by atoms with Crippen molar-refractivity contribution in [1.82, 2.24) is 10.2 Å². The molecule has 0 aromatic rings. The smallest absolute Gasteiger partial charge is 0.237 e. The van der Waals surface area contributed by atoms with Gasteiger partial charge in [-0.2, -0.15) is 0 Å². The van der Waals surface area contributed by atoms with Gasteiger partial charge in [0.05, 0.1) is 12.7 Å². The number of hydrogen-bond donors (Lipinski definition) is 1. The van der Waals surface area contributed by atoms with Crippen molar-refractivity contribution in [2.45, 2.75) is 20.0 Å². The van der Waals surface area contributed by atoms with Gasteiger partial charge in [0.15, 0.2) is 0 Å². The Kier molecular flexibility index (Phi) is 4.07. The van der Waals surface area contributed by atoms with Gasteiger partial charge in [-0.3, -0.25) is 14.3 Å². The van der Waals surface area contributed by atoms with E-state index in [0.717, 1.165) is 0 Å². The number of carbonyl (C=O) groups is 1. The minimum Gasteiger partial charge on any atom is -0.325 e. The maximum absolute atomic E-state index is 11.5. The summed E-state index contributed by atoms with van der Waals surface area (Å²) in [6.45, 7) is 5.16. The maximum Gasteiger partial charge on any atom is 0.237 e. The van der Waals surface area contributed by atoms with Crippen molar-refractivity contribution in [3.05, 3.63) is 0 Å². The van der Waals surface area contributed by atoms with Crippen LogP contribution in [0.25, 0.3) is 0 Å². The van der Waals surface area contributed by atoms with Crippen LogP contribution in [0.3, 0.4) is 0 Å². The van der Waals surface area contributed by atoms with Gasteiger partial charge in [0.2, 0.25) is 5.91 Å². The number of nitrogens with zero attached hydrogens (tertiary/aromatic N) is 1. The van der Waals surface area contributed by atoms with Crippen LogP contribution in [0.1, 0.15) is 13.8 Å². The van der Waals surface area contributed by atoms with Crippen LogP contribution >= 0.6 is 0 Å². The summed E-state index contributed by atoms with van der Waals surface area (Å²) in [5, 5.41) is 3.16. The van der Waals surface area contributed by atoms with E-state index >= 15 is 0 Å². The molecule has 4 nitrogen and oxygen atoms in total. The van der Waals surface area contributed by atoms with E-state index in [4.69, 9.17) is 0 Å². The normalized spacial score (nSPS) is 24.7. The molecule has 2 unspecified atom stereocenters. The van der Waals surface area contributed by atoms with Crippen LogP contribution in [0.2, 0.25) is 0 Å². The lowest BCUT2D eigenvalue weighted by Crippen LogP contribution is -2.43. The zero-order chi connectivity index (χ0) is 10.7. The summed E-state index contributed by atoms with van der Waals surface area (Å²) in [7, 11) is -0.826. The van der Waals surface area contributed by atoms with Gasteiger partial charge in [-0.15, -0.1) is 0 Å². The molecule has 0 aliphatic carbocycles. The van der Waals surface area contributed by atoms with Crippen LogP contribution in [0.4, 0.5) is 0 Å². The molecule has 0 spiro atoms. The number of hydrogen-bond acceptors (Lipinski definition) is 3. The first kappa shape index (κ1) is 11.7. The zero-order valence-electron chi connectivity index (χ0n) is 8.95. The third-order valence-corrected chi connectivity index (χ3v) is 3.13. The molecule has 1 saturated heterocycles. The lowest BCUT2D eigenvalue weighted by molar-refractivity contribution is -0.128. The summed E-state index contributed by atoms with van der Waals surface area (Å²) in [4.78, 5) is 13.3. The first-order valence-corrected chi connectivity index (χ1v) is 6.58. The summed E-state index contributed by atoms with van der Waals surface area (Å²) in [6, 6.07) is 0. The minimum atomic E-state index is -0.826. The van der Waals surface area contributed by atoms with Crippen LogP contribution in [0.5, 0.6) is 0 Å². The second kappa shape index (κ2) is 4.89. The number of rotatable bonds is 4. The Hall–Kier alpha value is -0.420. The van der Waals surface area contributed by atoms with Crippen molar-refractivity contribution >= 4 is 16.7 Å². The second-order valence-electron chi connectivity index (χ2n) is 3.93. The van der Waals surface area contributed by atoms with Gasteiger partial charge >= 0.3 is 0 Å². The average molecular weight is 218 g/mol. The predicted molar refractivity (Wildman–Crippen MR) is 57.3 cm³/mol. The molecule has 1 fully saturated rings. The van der Waals surface area contributed by atoms with Gasteiger partial charge in [-0.1, -0.05) is 13.8 Å². The molecule has 1 heterocycles. The molecule has 5 heteroatoms. The van der Waals surface area contributed by atoms with Crippen molar-refractivity contribution in [3.63, 3.8) is 0 Å². The van der Waals surface area contributed by atoms with Crippen LogP contribution in [-0.2, 0) is 15.6 Å². The summed E-state index contributed by atoms with van der Waals surface area (Å²) in [6.07, 6.45) is 1.78. The summed E-state index contributed by atoms with van der Waals surface area (Å²) < 4.78 is 10.9. The highest BCUT2D eigenvalue weighted by Gasteiger charge is 2.31. The Morgan fingerprint density at radius 3 is 2.79 bits per heavy atom. The molecule has 2 atom stereocenters. The third-order valence-electron chi connectivity index (χ3n) is 2.37. The van der Waals surface area contributed by atoms with E-state index in [1.54, 1.807) is 11.2 Å². The topological polar surface area (TPSA) is 49.4 Å². The molecule has 1 N–H and O–H groups in total. The molecule has 1 rings (SSSR count). The molecule has 0 aromatic heterocycles. The highest BCUT2D eigenvalue weighted by molar-refractivity contribution is 7.84. The third kappa shape index (κ3) is 2.78. The van der Waals surface area contributed by atoms with Gasteiger partial charge in [0, 0.05) is 29.4 Å². The molecule has 1 amide bonds. The minimum absolute atomic E-state index is 0.117. The lowest BCUT2D eigenvalue weighted by Gasteiger charge is -2.26. The van der Waals surface area contributed by atoms with Gasteiger partial charge in [-0.05, 0) is 5.92 Å². The van der Waals surface area contributed by atoms with Crippen LogP contribution < -0.4 is 5.32 Å². The standard InChI is InChI=1S/C9H18N2O2S/c1-7(2)9-10-6-8(12)11(9)4-5-14(3)13/h7,9-10H,4-6H2,1-3H3. The predicted octanol–water partition coefficient (Wildman–Crippen LogP) is -0.221. The quantitative estimate of drug-likeness (QED) is 0.709. The fourth-order valence-corrected chi connectivity index (χ4v) is 2.10. The molecule has 1 aliphatic heterocycles. The molecule has 82 valence electrons. The van der Waals surface area contributed by atoms with Crippen molar-refractivity contribution in [1.29, 1.82) is 0 Å². The lowest BCUT2D eigenvalue weighted by atomic mass is 10.1. The number of carbonyl (C=O) groups excluding carboxylic acids is 1. The van der Waals surface area contributed by atoms with Crippen LogP contribution in [0, 0.1) is 5.92 Å². The van der Waals surface area contributed by atoms with Gasteiger partial charge in [-0.25, -0.2) is 0 Å². The molecular formula is C9H18N2O2S. The Morgan fingerprint density at radius 2 is 2.29 bits per heavy atom. The Bertz CT molecular complexity index is 243. The van der Waals surface area contributed by atoms with E-state index in [1.807, 2.05) is 0 Å². The van der Waals surface area contributed by atoms with Crippen molar-refractivity contribution in [3.8, 4) is 0 Å². The SMILES string of the molecule is CC(C)C1NCC(=O)N1CCS(C)=O. The van der Waals surface area contributed by atoms with Crippen LogP contribution in [0.15, 0.2) is 0 Å². The summed E-state index contributed by atoms with van der Waals surface area (Å²) in [5.74, 6) is 1.08. The fraction of sp³-hybridized carbons (Fsp3) is 0.889. The molecule has 0 bridgehead atoms. The molecule has 14 heavy (non-hydrogen) atoms. The van der Waals surface area contributed by atoms with E-state index in [1.165, 1.54) is 0 Å². The van der Waals surface area contributed by atoms with E-state index < -0.39 is 10.8 Å². The Balaban J connectivity index is 2.53. The summed E-state index contributed by atoms with van der Waals surface area (Å²) >= 11 is 0. The van der Waals surface area contributed by atoms with Crippen molar-refractivity contribution in [2.75, 3.05) is 25.1 Å². The molecule has 0 aromatic carbocycles. The molecule has 0 radical (unpaired) electrons. The fourth-order valence-electron chi connectivity index (χ4n) is 1.65. The van der Waals surface area contributed by atoms with E-state index in [0.29, 0.717) is 24.8 Å². The highest BCUT2D eigenvalue weighted by Crippen LogP contribution is 2.12. The molecular weight excluding hydrogens is 200 g/mol. The first-order chi connectivity index (χ1) is 6.52. The monoisotopic (exact) mass is 218 g/mol. The summed E-state index contributed by atoms with van der Waals surface area (Å²) in [5.41, 5.74) is 0. The molecule has 0 saturated carbocycles. The maximum atomic E-state index is 11.5. The number of nitrogens with one attached hydrogen (secondary N) is 1. The second-order valence-corrected chi connectivity index (χ2v) is 5.49. The van der Waals surface area contributed by atoms with Crippen molar-refractivity contribution < 1.29 is 9.00 Å². The van der Waals surface area contributed by atoms with Crippen molar-refractivity contribution in [2.24, 2.45) is 5.92 Å². The van der Waals surface area contributed by atoms with E-state index in [2.05, 4.69) is 19.2 Å². The highest BCUT2D eigenvalue weighted by atomic mass is 32.2. The van der Waals surface area contributed by atoms with E-state index in [-0.39, 0.29) is 12.1 Å². The Morgan fingerprint density at radius 1 is 1.64 bits per heavy atom. The first-order valence-electron chi connectivity index (χ1n) is 4.85. The zero-order valence-corrected chi connectivity index (χ0v) is 9.76. The van der Waals surface area contributed by atoms with Gasteiger partial charge < -0.3 is 4.90 Å². The van der Waals surface area contributed by atoms with Gasteiger partial charge in [0.1, 0.15) is 0 Å². The van der Waals surface area contributed by atoms with Gasteiger partial charge in [0.25, 0.3) is 0 Å². The average Bonchev–Trinajstić information content (AvgIpc) is 2.43. The molecule has 1 aliphatic rings. The van der Waals surface area contributed by atoms with Crippen LogP contribution in [-0.4, -0.2) is 46.3 Å². The largest absolute Gasteiger partial charge is 0.325 e. The number of amides is 1.